The normalized spacial score (nSPS) is 19.9. The van der Waals surface area contributed by atoms with Gasteiger partial charge in [0.2, 0.25) is 5.95 Å². The number of piperazine rings is 1. The summed E-state index contributed by atoms with van der Waals surface area (Å²) in [5.41, 5.74) is 2.26. The molecular weight excluding hydrogens is 368 g/mol. The molecule has 1 atom stereocenters. The van der Waals surface area contributed by atoms with Crippen molar-refractivity contribution in [3.8, 4) is 0 Å². The van der Waals surface area contributed by atoms with Crippen molar-refractivity contribution in [1.82, 2.24) is 14.9 Å². The second-order valence-electron chi connectivity index (χ2n) is 7.57. The molecule has 0 radical (unpaired) electrons. The van der Waals surface area contributed by atoms with Crippen molar-refractivity contribution in [1.29, 1.82) is 0 Å². The predicted octanol–water partition coefficient (Wildman–Crippen LogP) is 2.07. The van der Waals surface area contributed by atoms with E-state index >= 15 is 0 Å². The average molecular weight is 396 g/mol. The number of hydrogen-bond donors (Lipinski definition) is 2. The van der Waals surface area contributed by atoms with Gasteiger partial charge in [-0.1, -0.05) is 0 Å². The topological polar surface area (TPSA) is 82.6 Å². The van der Waals surface area contributed by atoms with Gasteiger partial charge in [0.15, 0.2) is 0 Å². The number of carbonyl (C=O) groups is 1. The smallest absolute Gasteiger partial charge is 0.274 e. The van der Waals surface area contributed by atoms with Crippen molar-refractivity contribution in [3.63, 3.8) is 0 Å². The average Bonchev–Trinajstić information content (AvgIpc) is 3.27. The van der Waals surface area contributed by atoms with Crippen LogP contribution >= 0.6 is 0 Å². The summed E-state index contributed by atoms with van der Waals surface area (Å²) in [5.74, 6) is 0.193. The van der Waals surface area contributed by atoms with Crippen LogP contribution < -0.4 is 15.5 Å². The van der Waals surface area contributed by atoms with E-state index in [9.17, 15) is 4.79 Å². The highest BCUT2D eigenvalue weighted by Gasteiger charge is 2.17. The third-order valence-electron chi connectivity index (χ3n) is 5.39. The molecule has 2 aromatic rings. The van der Waals surface area contributed by atoms with E-state index in [1.807, 2.05) is 12.1 Å². The van der Waals surface area contributed by atoms with Crippen LogP contribution in [0.2, 0.25) is 0 Å². The van der Waals surface area contributed by atoms with E-state index in [1.165, 1.54) is 5.69 Å². The summed E-state index contributed by atoms with van der Waals surface area (Å²) in [6.07, 6.45) is 3.91. The summed E-state index contributed by atoms with van der Waals surface area (Å²) in [4.78, 5) is 25.8. The van der Waals surface area contributed by atoms with Gasteiger partial charge in [0.1, 0.15) is 5.69 Å². The van der Waals surface area contributed by atoms with Crippen molar-refractivity contribution < 1.29 is 9.53 Å². The molecule has 1 aromatic carbocycles. The molecule has 4 rings (SSSR count). The molecule has 2 aliphatic rings. The summed E-state index contributed by atoms with van der Waals surface area (Å²) >= 11 is 0. The molecule has 1 unspecified atom stereocenters. The fourth-order valence-electron chi connectivity index (χ4n) is 3.60. The summed E-state index contributed by atoms with van der Waals surface area (Å²) in [5, 5.41) is 6.07. The first-order valence-electron chi connectivity index (χ1n) is 10.2. The van der Waals surface area contributed by atoms with Crippen LogP contribution in [0.4, 0.5) is 17.3 Å². The Morgan fingerprint density at radius 2 is 1.97 bits per heavy atom. The minimum atomic E-state index is -0.250. The Labute approximate surface area is 171 Å². The number of nitrogens with zero attached hydrogens (tertiary/aromatic N) is 4. The molecule has 154 valence electrons. The second kappa shape index (κ2) is 9.19. The van der Waals surface area contributed by atoms with E-state index in [0.717, 1.165) is 51.3 Å². The number of nitrogens with one attached hydrogen (secondary N) is 2. The van der Waals surface area contributed by atoms with E-state index in [4.69, 9.17) is 4.74 Å². The molecule has 0 spiro atoms. The minimum absolute atomic E-state index is 0.190. The van der Waals surface area contributed by atoms with Crippen LogP contribution in [0.5, 0.6) is 0 Å². The summed E-state index contributed by atoms with van der Waals surface area (Å²) in [6, 6.07) is 9.59. The fourth-order valence-corrected chi connectivity index (χ4v) is 3.60. The largest absolute Gasteiger partial charge is 0.376 e. The van der Waals surface area contributed by atoms with Crippen LogP contribution in [0.3, 0.4) is 0 Å². The number of carbonyl (C=O) groups excluding carboxylic acids is 1. The highest BCUT2D eigenvalue weighted by molar-refractivity contribution is 6.03. The van der Waals surface area contributed by atoms with E-state index in [-0.39, 0.29) is 12.0 Å². The minimum Gasteiger partial charge on any atom is -0.376 e. The van der Waals surface area contributed by atoms with Crippen LogP contribution in [0.1, 0.15) is 23.3 Å². The maximum atomic E-state index is 12.6. The molecule has 8 heteroatoms. The lowest BCUT2D eigenvalue weighted by atomic mass is 10.2. The Morgan fingerprint density at radius 1 is 1.17 bits per heavy atom. The second-order valence-corrected chi connectivity index (χ2v) is 7.57. The Hall–Kier alpha value is -2.71. The van der Waals surface area contributed by atoms with E-state index < -0.39 is 0 Å². The zero-order chi connectivity index (χ0) is 20.1. The van der Waals surface area contributed by atoms with Gasteiger partial charge in [0, 0.05) is 56.9 Å². The van der Waals surface area contributed by atoms with Crippen molar-refractivity contribution >= 4 is 23.2 Å². The molecule has 2 aliphatic heterocycles. The van der Waals surface area contributed by atoms with Gasteiger partial charge in [-0.25, -0.2) is 9.97 Å². The van der Waals surface area contributed by atoms with Crippen molar-refractivity contribution in [2.45, 2.75) is 18.9 Å². The molecule has 8 nitrogen and oxygen atoms in total. The highest BCUT2D eigenvalue weighted by Crippen LogP contribution is 2.20. The van der Waals surface area contributed by atoms with Crippen molar-refractivity contribution in [3.05, 3.63) is 42.2 Å². The van der Waals surface area contributed by atoms with Gasteiger partial charge >= 0.3 is 0 Å². The molecule has 29 heavy (non-hydrogen) atoms. The highest BCUT2D eigenvalue weighted by atomic mass is 16.5. The van der Waals surface area contributed by atoms with Gasteiger partial charge < -0.3 is 25.2 Å². The van der Waals surface area contributed by atoms with Gasteiger partial charge in [-0.3, -0.25) is 4.79 Å². The molecule has 3 heterocycles. The number of rotatable bonds is 6. The van der Waals surface area contributed by atoms with E-state index in [2.05, 4.69) is 49.6 Å². The fraction of sp³-hybridized carbons (Fsp3) is 0.476. The van der Waals surface area contributed by atoms with Gasteiger partial charge in [-0.2, -0.15) is 0 Å². The number of amides is 1. The van der Waals surface area contributed by atoms with Crippen molar-refractivity contribution in [2.75, 3.05) is 61.9 Å². The lowest BCUT2D eigenvalue weighted by molar-refractivity contribution is 0.102. The quantitative estimate of drug-likeness (QED) is 0.773. The zero-order valence-corrected chi connectivity index (χ0v) is 16.8. The molecule has 2 saturated heterocycles. The van der Waals surface area contributed by atoms with Gasteiger partial charge in [-0.05, 0) is 50.2 Å². The Kier molecular flexibility index (Phi) is 6.21. The first-order valence-corrected chi connectivity index (χ1v) is 10.2. The summed E-state index contributed by atoms with van der Waals surface area (Å²) in [7, 11) is 2.15. The van der Waals surface area contributed by atoms with E-state index in [1.54, 1.807) is 12.3 Å². The van der Waals surface area contributed by atoms with Gasteiger partial charge in [0.25, 0.3) is 5.91 Å². The van der Waals surface area contributed by atoms with Crippen molar-refractivity contribution in [2.24, 2.45) is 0 Å². The van der Waals surface area contributed by atoms with Crippen LogP contribution in [0, 0.1) is 0 Å². The summed E-state index contributed by atoms with van der Waals surface area (Å²) in [6.45, 7) is 5.63. The molecule has 0 bridgehead atoms. The van der Waals surface area contributed by atoms with Crippen LogP contribution in [-0.4, -0.2) is 73.3 Å². The van der Waals surface area contributed by atoms with Crippen LogP contribution in [0.25, 0.3) is 0 Å². The standard InChI is InChI=1S/C21H28N6O2/c1-26-10-12-27(13-11-26)17-6-4-16(5-7-17)24-20(28)19-8-9-22-21(25-19)23-15-18-3-2-14-29-18/h4-9,18H,2-3,10-15H2,1H3,(H,24,28)(H,22,23,25). The van der Waals surface area contributed by atoms with Gasteiger partial charge in [0.05, 0.1) is 6.10 Å². The Bertz CT molecular complexity index is 814. The maximum absolute atomic E-state index is 12.6. The lowest BCUT2D eigenvalue weighted by Gasteiger charge is -2.34. The summed E-state index contributed by atoms with van der Waals surface area (Å²) < 4.78 is 5.59. The number of anilines is 3. The molecule has 2 N–H and O–H groups in total. The molecular formula is C21H28N6O2. The number of likely N-dealkylation sites (N-methyl/N-ethyl adjacent to an activating group) is 1. The molecule has 1 aromatic heterocycles. The zero-order valence-electron chi connectivity index (χ0n) is 16.8. The first kappa shape index (κ1) is 19.6. The number of aromatic nitrogens is 2. The Morgan fingerprint density at radius 3 is 2.69 bits per heavy atom. The SMILES string of the molecule is CN1CCN(c2ccc(NC(=O)c3ccnc(NCC4CCCO4)n3)cc2)CC1. The van der Waals surface area contributed by atoms with Crippen LogP contribution in [-0.2, 0) is 4.74 Å². The Balaban J connectivity index is 1.33. The monoisotopic (exact) mass is 396 g/mol. The third-order valence-corrected chi connectivity index (χ3v) is 5.39. The first-order chi connectivity index (χ1) is 14.2. The number of ether oxygens (including phenoxy) is 1. The lowest BCUT2D eigenvalue weighted by Crippen LogP contribution is -2.44. The van der Waals surface area contributed by atoms with Crippen LogP contribution in [0.15, 0.2) is 36.5 Å². The molecule has 0 saturated carbocycles. The third kappa shape index (κ3) is 5.21. The predicted molar refractivity (Wildman–Crippen MR) is 114 cm³/mol. The van der Waals surface area contributed by atoms with Gasteiger partial charge in [-0.15, -0.1) is 0 Å². The number of benzene rings is 1. The molecule has 1 amide bonds. The maximum Gasteiger partial charge on any atom is 0.274 e. The molecule has 2 fully saturated rings. The van der Waals surface area contributed by atoms with E-state index in [0.29, 0.717) is 18.2 Å². The molecule has 0 aliphatic carbocycles. The number of hydrogen-bond acceptors (Lipinski definition) is 7.